The van der Waals surface area contributed by atoms with Crippen LogP contribution in [0.25, 0.3) is 17.0 Å². The number of amides is 2. The van der Waals surface area contributed by atoms with E-state index in [1.54, 1.807) is 11.0 Å². The molecule has 47 heavy (non-hydrogen) atoms. The van der Waals surface area contributed by atoms with Gasteiger partial charge in [-0.25, -0.2) is 10.4 Å². The average Bonchev–Trinajstić information content (AvgIpc) is 3.89. The van der Waals surface area contributed by atoms with Crippen LogP contribution in [0.5, 0.6) is 0 Å². The number of aryl methyl sites for hydroxylation is 2. The molecule has 11 heteroatoms. The molecule has 6 heterocycles. The van der Waals surface area contributed by atoms with Gasteiger partial charge in [-0.3, -0.25) is 29.6 Å². The monoisotopic (exact) mass is 635 g/mol. The van der Waals surface area contributed by atoms with E-state index in [0.29, 0.717) is 44.0 Å². The van der Waals surface area contributed by atoms with Crippen molar-refractivity contribution in [2.45, 2.75) is 63.6 Å². The van der Waals surface area contributed by atoms with Gasteiger partial charge in [-0.15, -0.1) is 0 Å². The van der Waals surface area contributed by atoms with Crippen molar-refractivity contribution in [2.24, 2.45) is 18.4 Å². The van der Waals surface area contributed by atoms with Crippen LogP contribution in [0, 0.1) is 18.3 Å². The largest absolute Gasteiger partial charge is 0.339 e. The van der Waals surface area contributed by atoms with Crippen molar-refractivity contribution in [3.63, 3.8) is 0 Å². The fourth-order valence-electron chi connectivity index (χ4n) is 8.73. The molecule has 2 aromatic heterocycles. The van der Waals surface area contributed by atoms with E-state index < -0.39 is 0 Å². The first-order valence-electron chi connectivity index (χ1n) is 17.3. The zero-order valence-corrected chi connectivity index (χ0v) is 27.4. The van der Waals surface area contributed by atoms with Crippen LogP contribution in [0.3, 0.4) is 0 Å². The third-order valence-electron chi connectivity index (χ3n) is 11.5. The lowest BCUT2D eigenvalue weighted by Gasteiger charge is -2.38. The molecule has 8 rings (SSSR count). The van der Waals surface area contributed by atoms with E-state index >= 15 is 0 Å². The second-order valence-corrected chi connectivity index (χ2v) is 14.4. The Balaban J connectivity index is 0.848. The third-order valence-corrected chi connectivity index (χ3v) is 11.5. The molecule has 3 aromatic rings. The first kappa shape index (κ1) is 30.4. The maximum absolute atomic E-state index is 14.1. The van der Waals surface area contributed by atoms with Crippen LogP contribution in [-0.4, -0.2) is 97.6 Å². The highest BCUT2D eigenvalue weighted by atomic mass is 16.2. The highest BCUT2D eigenvalue weighted by Gasteiger charge is 2.53. The predicted octanol–water partition coefficient (Wildman–Crippen LogP) is 3.11. The summed E-state index contributed by atoms with van der Waals surface area (Å²) in [6, 6.07) is 13.5. The van der Waals surface area contributed by atoms with Gasteiger partial charge in [0.1, 0.15) is 6.33 Å². The van der Waals surface area contributed by atoms with Gasteiger partial charge in [0.2, 0.25) is 11.8 Å². The molecule has 3 saturated heterocycles. The van der Waals surface area contributed by atoms with Crippen molar-refractivity contribution < 1.29 is 9.59 Å². The first-order chi connectivity index (χ1) is 22.8. The molecule has 4 fully saturated rings. The van der Waals surface area contributed by atoms with E-state index in [1.165, 1.54) is 16.7 Å². The number of benzene rings is 1. The van der Waals surface area contributed by atoms with Crippen LogP contribution in [0.15, 0.2) is 55.0 Å². The van der Waals surface area contributed by atoms with Crippen LogP contribution < -0.4 is 10.9 Å². The molecule has 5 atom stereocenters. The molecule has 2 amide bonds. The molecule has 4 aliphatic heterocycles. The Hall–Kier alpha value is -3.93. The van der Waals surface area contributed by atoms with Gasteiger partial charge in [-0.05, 0) is 80.7 Å². The summed E-state index contributed by atoms with van der Waals surface area (Å²) in [7, 11) is 1.87. The number of hydrazine groups is 1. The molecular weight excluding hydrogens is 590 g/mol. The van der Waals surface area contributed by atoms with Crippen LogP contribution in [0.1, 0.15) is 61.4 Å². The maximum Gasteiger partial charge on any atom is 0.237 e. The molecular formula is C36H45N9O2. The maximum atomic E-state index is 14.1. The number of pyridine rings is 1. The smallest absolute Gasteiger partial charge is 0.237 e. The summed E-state index contributed by atoms with van der Waals surface area (Å²) < 4.78 is 1.71. The van der Waals surface area contributed by atoms with Crippen LogP contribution in [-0.2, 0) is 16.6 Å². The third kappa shape index (κ3) is 5.78. The minimum absolute atomic E-state index is 0.160. The lowest BCUT2D eigenvalue weighted by atomic mass is 9.77. The molecule has 11 nitrogen and oxygen atoms in total. The molecule has 0 bridgehead atoms. The SMILES string of the molecule is Cc1ccc(C2NNC3CCC(N4CCC5(CCN(CC(=O)N6CC=C(c7ccc(-c8ncn(C)n8)cc7)CC6)C5)C4=O)CC32)cn1. The molecule has 1 spiro atoms. The quantitative estimate of drug-likeness (QED) is 0.425. The Morgan fingerprint density at radius 2 is 1.83 bits per heavy atom. The number of fused-ring (bicyclic) bond motifs is 1. The summed E-state index contributed by atoms with van der Waals surface area (Å²) in [5.41, 5.74) is 12.4. The van der Waals surface area contributed by atoms with Crippen molar-refractivity contribution in [1.29, 1.82) is 0 Å². The van der Waals surface area contributed by atoms with Crippen LogP contribution in [0.4, 0.5) is 0 Å². The van der Waals surface area contributed by atoms with E-state index in [-0.39, 0.29) is 23.4 Å². The molecule has 5 aliphatic rings. The topological polar surface area (TPSA) is 112 Å². The minimum atomic E-state index is -0.338. The van der Waals surface area contributed by atoms with Crippen molar-refractivity contribution >= 4 is 17.4 Å². The van der Waals surface area contributed by atoms with Crippen molar-refractivity contribution in [1.82, 2.24) is 45.3 Å². The predicted molar refractivity (Wildman–Crippen MR) is 178 cm³/mol. The van der Waals surface area contributed by atoms with Crippen LogP contribution in [0.2, 0.25) is 0 Å². The molecule has 1 saturated carbocycles. The molecule has 246 valence electrons. The molecule has 5 unspecified atom stereocenters. The van der Waals surface area contributed by atoms with E-state index in [1.807, 2.05) is 25.1 Å². The number of hydrogen-bond acceptors (Lipinski definition) is 8. The summed E-state index contributed by atoms with van der Waals surface area (Å²) in [4.78, 5) is 42.7. The normalized spacial score (nSPS) is 29.5. The van der Waals surface area contributed by atoms with Gasteiger partial charge < -0.3 is 9.80 Å². The number of carbonyl (C=O) groups excluding carboxylic acids is 2. The number of carbonyl (C=O) groups is 2. The average molecular weight is 636 g/mol. The Morgan fingerprint density at radius 1 is 1.00 bits per heavy atom. The Bertz CT molecular complexity index is 1670. The van der Waals surface area contributed by atoms with Gasteiger partial charge in [0.05, 0.1) is 18.0 Å². The van der Waals surface area contributed by atoms with Gasteiger partial charge in [-0.2, -0.15) is 5.10 Å². The zero-order chi connectivity index (χ0) is 32.1. The van der Waals surface area contributed by atoms with E-state index in [2.05, 4.69) is 78.2 Å². The number of likely N-dealkylation sites (tertiary alicyclic amines) is 2. The van der Waals surface area contributed by atoms with E-state index in [0.717, 1.165) is 68.7 Å². The Morgan fingerprint density at radius 3 is 2.57 bits per heavy atom. The highest BCUT2D eigenvalue weighted by Crippen LogP contribution is 2.45. The van der Waals surface area contributed by atoms with Crippen molar-refractivity contribution in [3.8, 4) is 11.4 Å². The first-order valence-corrected chi connectivity index (χ1v) is 17.3. The Kier molecular flexibility index (Phi) is 7.93. The van der Waals surface area contributed by atoms with Gasteiger partial charge in [-0.1, -0.05) is 36.4 Å². The number of hydrogen-bond donors (Lipinski definition) is 2. The summed E-state index contributed by atoms with van der Waals surface area (Å²) in [6.07, 6.45) is 11.6. The van der Waals surface area contributed by atoms with E-state index in [4.69, 9.17) is 0 Å². The number of nitrogens with zero attached hydrogens (tertiary/aromatic N) is 7. The van der Waals surface area contributed by atoms with Gasteiger partial charge in [0, 0.05) is 62.8 Å². The van der Waals surface area contributed by atoms with Gasteiger partial charge >= 0.3 is 0 Å². The van der Waals surface area contributed by atoms with Crippen molar-refractivity contribution in [2.75, 3.05) is 39.3 Å². The van der Waals surface area contributed by atoms with Crippen molar-refractivity contribution in [3.05, 3.63) is 71.8 Å². The van der Waals surface area contributed by atoms with Crippen LogP contribution >= 0.6 is 0 Å². The number of rotatable bonds is 6. The summed E-state index contributed by atoms with van der Waals surface area (Å²) in [5.74, 6) is 1.63. The standard InChI is InChI=1S/C36H45N9O2/c1-24-3-4-28(20-37-24)33-30-19-29(9-10-31(30)39-40-33)45-18-14-36(35(45)47)13-17-43(22-36)21-32(46)44-15-11-26(12-16-44)25-5-7-27(8-6-25)34-38-23-42(2)41-34/h3-8,11,20,23,29-31,33,39-40H,9-10,12-19,21-22H2,1-2H3. The highest BCUT2D eigenvalue weighted by molar-refractivity contribution is 5.86. The lowest BCUT2D eigenvalue weighted by molar-refractivity contribution is -0.139. The number of nitrogens with one attached hydrogen (secondary N) is 2. The summed E-state index contributed by atoms with van der Waals surface area (Å²) in [6.45, 7) is 6.08. The lowest BCUT2D eigenvalue weighted by Crippen LogP contribution is -2.47. The second-order valence-electron chi connectivity index (χ2n) is 14.4. The second kappa shape index (κ2) is 12.3. The fraction of sp³-hybridized carbons (Fsp3) is 0.528. The van der Waals surface area contributed by atoms with Gasteiger partial charge in [0.15, 0.2) is 5.82 Å². The molecule has 2 N–H and O–H groups in total. The minimum Gasteiger partial charge on any atom is -0.339 e. The van der Waals surface area contributed by atoms with E-state index in [9.17, 15) is 9.59 Å². The molecule has 1 aliphatic carbocycles. The summed E-state index contributed by atoms with van der Waals surface area (Å²) in [5, 5.41) is 4.39. The summed E-state index contributed by atoms with van der Waals surface area (Å²) >= 11 is 0. The molecule has 0 radical (unpaired) electrons. The fourth-order valence-corrected chi connectivity index (χ4v) is 8.73. The Labute approximate surface area is 276 Å². The zero-order valence-electron chi connectivity index (χ0n) is 27.4. The van der Waals surface area contributed by atoms with Gasteiger partial charge in [0.25, 0.3) is 0 Å². The molecule has 1 aromatic carbocycles. The number of aromatic nitrogens is 4.